The van der Waals surface area contributed by atoms with Gasteiger partial charge in [0.25, 0.3) is 0 Å². The molecule has 0 aliphatic carbocycles. The third-order valence-corrected chi connectivity index (χ3v) is 4.76. The molecule has 0 aliphatic rings. The van der Waals surface area contributed by atoms with Crippen LogP contribution in [0.15, 0.2) is 53.0 Å². The fourth-order valence-corrected chi connectivity index (χ4v) is 3.21. The Morgan fingerprint density at radius 2 is 1.32 bits per heavy atom. The van der Waals surface area contributed by atoms with Crippen molar-refractivity contribution in [2.75, 3.05) is 0 Å². The molecule has 22 heavy (non-hydrogen) atoms. The minimum Gasteiger partial charge on any atom is -0.0683 e. The molecule has 0 fully saturated rings. The summed E-state index contributed by atoms with van der Waals surface area (Å²) in [5.74, 6) is 0. The summed E-state index contributed by atoms with van der Waals surface area (Å²) in [7, 11) is 0. The van der Waals surface area contributed by atoms with Crippen molar-refractivity contribution in [1.29, 1.82) is 0 Å². The van der Waals surface area contributed by atoms with Gasteiger partial charge in [0.2, 0.25) is 0 Å². The molecule has 0 bridgehead atoms. The van der Waals surface area contributed by atoms with Crippen molar-refractivity contribution < 1.29 is 0 Å². The van der Waals surface area contributed by atoms with Gasteiger partial charge in [-0.1, -0.05) is 72.2 Å². The zero-order valence-electron chi connectivity index (χ0n) is 14.0. The molecule has 0 saturated heterocycles. The number of fused-ring (bicyclic) bond motifs is 1. The molecule has 114 valence electrons. The molecule has 0 unspecified atom stereocenters. The van der Waals surface area contributed by atoms with E-state index in [4.69, 9.17) is 0 Å². The average molecular weight is 355 g/mol. The average Bonchev–Trinajstić information content (AvgIpc) is 2.51. The number of hydrogen-bond acceptors (Lipinski definition) is 0. The minimum absolute atomic E-state index is 1.17. The van der Waals surface area contributed by atoms with Gasteiger partial charge in [-0.3, -0.25) is 0 Å². The highest BCUT2D eigenvalue weighted by Crippen LogP contribution is 2.35. The fraction of sp³-hybridized carbons (Fsp3) is 0.238. The number of hydrogen-bond donors (Lipinski definition) is 0. The standard InChI is InChI=1S/C19H17Br.C2H6/c1-12-6-4-7-13(2)19(12)16-9-5-8-15-10-14(3)18(20)11-17(15)16;1-2/h4-11H,1-3H3;1-2H3. The highest BCUT2D eigenvalue weighted by molar-refractivity contribution is 9.10. The Labute approximate surface area is 142 Å². The summed E-state index contributed by atoms with van der Waals surface area (Å²) in [5, 5.41) is 2.60. The lowest BCUT2D eigenvalue weighted by molar-refractivity contribution is 1.38. The molecule has 0 heterocycles. The second-order valence-electron chi connectivity index (χ2n) is 5.39. The van der Waals surface area contributed by atoms with Crippen LogP contribution in [-0.2, 0) is 0 Å². The first-order chi connectivity index (χ1) is 10.6. The molecule has 1 heteroatoms. The number of rotatable bonds is 1. The Morgan fingerprint density at radius 3 is 1.95 bits per heavy atom. The van der Waals surface area contributed by atoms with E-state index in [1.807, 2.05) is 13.8 Å². The van der Waals surface area contributed by atoms with E-state index in [0.717, 1.165) is 0 Å². The Bertz CT molecular complexity index is 780. The summed E-state index contributed by atoms with van der Waals surface area (Å²) < 4.78 is 1.17. The number of halogens is 1. The van der Waals surface area contributed by atoms with E-state index < -0.39 is 0 Å². The number of benzene rings is 3. The summed E-state index contributed by atoms with van der Waals surface area (Å²) in [4.78, 5) is 0. The molecule has 3 aromatic carbocycles. The highest BCUT2D eigenvalue weighted by atomic mass is 79.9. The molecule has 0 spiro atoms. The summed E-state index contributed by atoms with van der Waals surface area (Å²) in [5.41, 5.74) is 6.60. The molecular formula is C21H23Br. The van der Waals surface area contributed by atoms with Crippen LogP contribution in [0.25, 0.3) is 21.9 Å². The molecule has 0 saturated carbocycles. The van der Waals surface area contributed by atoms with Crippen molar-refractivity contribution in [1.82, 2.24) is 0 Å². The van der Waals surface area contributed by atoms with Gasteiger partial charge in [0.1, 0.15) is 0 Å². The van der Waals surface area contributed by atoms with Crippen LogP contribution in [0.1, 0.15) is 30.5 Å². The van der Waals surface area contributed by atoms with Gasteiger partial charge in [0.15, 0.2) is 0 Å². The van der Waals surface area contributed by atoms with Crippen LogP contribution < -0.4 is 0 Å². The number of aryl methyl sites for hydroxylation is 3. The van der Waals surface area contributed by atoms with E-state index in [2.05, 4.69) is 85.2 Å². The Hall–Kier alpha value is -1.60. The van der Waals surface area contributed by atoms with Crippen LogP contribution >= 0.6 is 15.9 Å². The van der Waals surface area contributed by atoms with E-state index in [0.29, 0.717) is 0 Å². The van der Waals surface area contributed by atoms with Crippen molar-refractivity contribution in [2.45, 2.75) is 34.6 Å². The maximum atomic E-state index is 3.66. The fourth-order valence-electron chi connectivity index (χ4n) is 2.87. The lowest BCUT2D eigenvalue weighted by Gasteiger charge is -2.14. The van der Waals surface area contributed by atoms with Crippen molar-refractivity contribution in [3.8, 4) is 11.1 Å². The maximum Gasteiger partial charge on any atom is 0.0211 e. The third-order valence-electron chi connectivity index (χ3n) is 3.91. The van der Waals surface area contributed by atoms with Gasteiger partial charge in [-0.2, -0.15) is 0 Å². The summed E-state index contributed by atoms with van der Waals surface area (Å²) >= 11 is 3.66. The van der Waals surface area contributed by atoms with Crippen molar-refractivity contribution >= 4 is 26.7 Å². The second kappa shape index (κ2) is 7.11. The van der Waals surface area contributed by atoms with Gasteiger partial charge in [0, 0.05) is 4.47 Å². The highest BCUT2D eigenvalue weighted by Gasteiger charge is 2.10. The maximum absolute atomic E-state index is 3.66. The molecule has 0 aliphatic heterocycles. The lowest BCUT2D eigenvalue weighted by Crippen LogP contribution is -1.90. The van der Waals surface area contributed by atoms with E-state index in [-0.39, 0.29) is 0 Å². The minimum atomic E-state index is 1.17. The molecule has 0 nitrogen and oxygen atoms in total. The van der Waals surface area contributed by atoms with Crippen LogP contribution in [0.5, 0.6) is 0 Å². The van der Waals surface area contributed by atoms with Crippen molar-refractivity contribution in [2.24, 2.45) is 0 Å². The first kappa shape index (κ1) is 16.8. The van der Waals surface area contributed by atoms with Gasteiger partial charge >= 0.3 is 0 Å². The Morgan fingerprint density at radius 1 is 0.727 bits per heavy atom. The van der Waals surface area contributed by atoms with E-state index in [1.165, 1.54) is 43.1 Å². The smallest absolute Gasteiger partial charge is 0.0211 e. The van der Waals surface area contributed by atoms with Gasteiger partial charge in [0.05, 0.1) is 0 Å². The van der Waals surface area contributed by atoms with Crippen LogP contribution in [0.3, 0.4) is 0 Å². The predicted octanol–water partition coefficient (Wildman–Crippen LogP) is 7.22. The van der Waals surface area contributed by atoms with Crippen LogP contribution in [0.2, 0.25) is 0 Å². The molecule has 0 aromatic heterocycles. The molecule has 3 aromatic rings. The Balaban J connectivity index is 0.000000847. The van der Waals surface area contributed by atoms with Crippen molar-refractivity contribution in [3.05, 3.63) is 69.7 Å². The molecule has 0 N–H and O–H groups in total. The van der Waals surface area contributed by atoms with Crippen molar-refractivity contribution in [3.63, 3.8) is 0 Å². The normalized spacial score (nSPS) is 10.3. The quantitative estimate of drug-likeness (QED) is 0.432. The van der Waals surface area contributed by atoms with Gasteiger partial charge in [-0.05, 0) is 65.4 Å². The largest absolute Gasteiger partial charge is 0.0683 e. The predicted molar refractivity (Wildman–Crippen MR) is 103 cm³/mol. The van der Waals surface area contributed by atoms with E-state index >= 15 is 0 Å². The summed E-state index contributed by atoms with van der Waals surface area (Å²) in [6, 6.07) is 17.5. The van der Waals surface area contributed by atoms with Crippen LogP contribution in [0.4, 0.5) is 0 Å². The van der Waals surface area contributed by atoms with Gasteiger partial charge in [-0.25, -0.2) is 0 Å². The third kappa shape index (κ3) is 3.10. The summed E-state index contributed by atoms with van der Waals surface area (Å²) in [6.45, 7) is 10.5. The molecule has 3 rings (SSSR count). The molecule has 0 radical (unpaired) electrons. The van der Waals surface area contributed by atoms with Crippen LogP contribution in [-0.4, -0.2) is 0 Å². The monoisotopic (exact) mass is 354 g/mol. The Kier molecular flexibility index (Phi) is 5.42. The molecule has 0 atom stereocenters. The molecule has 0 amide bonds. The van der Waals surface area contributed by atoms with Gasteiger partial charge < -0.3 is 0 Å². The first-order valence-electron chi connectivity index (χ1n) is 7.83. The zero-order chi connectivity index (χ0) is 16.3. The second-order valence-corrected chi connectivity index (χ2v) is 6.25. The molecular weight excluding hydrogens is 332 g/mol. The summed E-state index contributed by atoms with van der Waals surface area (Å²) in [6.07, 6.45) is 0. The SMILES string of the molecule is CC.Cc1cc2cccc(-c3c(C)cccc3C)c2cc1Br. The topological polar surface area (TPSA) is 0 Å². The first-order valence-corrected chi connectivity index (χ1v) is 8.62. The van der Waals surface area contributed by atoms with E-state index in [9.17, 15) is 0 Å². The lowest BCUT2D eigenvalue weighted by atomic mass is 9.91. The van der Waals surface area contributed by atoms with E-state index in [1.54, 1.807) is 0 Å². The zero-order valence-corrected chi connectivity index (χ0v) is 15.6. The van der Waals surface area contributed by atoms with Gasteiger partial charge in [-0.15, -0.1) is 0 Å². The van der Waals surface area contributed by atoms with Crippen LogP contribution in [0, 0.1) is 20.8 Å².